The monoisotopic (exact) mass is 680 g/mol. The van der Waals surface area contributed by atoms with Crippen LogP contribution in [0.15, 0.2) is 33.5 Å². The molecule has 0 fully saturated rings. The number of halogens is 2. The summed E-state index contributed by atoms with van der Waals surface area (Å²) in [6.45, 7) is 0. The van der Waals surface area contributed by atoms with Crippen LogP contribution in [0.25, 0.3) is 21.1 Å². The zero-order chi connectivity index (χ0) is 27.4. The van der Waals surface area contributed by atoms with Crippen molar-refractivity contribution in [1.29, 1.82) is 0 Å². The van der Waals surface area contributed by atoms with Crippen LogP contribution in [0, 0.1) is 11.8 Å². The standard InChI is InChI=1S/C26H22Br2N2O6S2/c1-31-15-9-13(10-16(32-2)21(15)35-5)25-29-23(27)19(37-25)7-8-20-24(28)30-26(38-20)14-11-17(33-3)22(36-6)18(12-14)34-4/h9-12H,1-6H3. The van der Waals surface area contributed by atoms with Crippen LogP contribution in [-0.2, 0) is 0 Å². The van der Waals surface area contributed by atoms with Crippen LogP contribution in [0.4, 0.5) is 0 Å². The van der Waals surface area contributed by atoms with Gasteiger partial charge in [0.2, 0.25) is 11.5 Å². The normalized spacial score (nSPS) is 10.4. The fraction of sp³-hybridized carbons (Fsp3) is 0.231. The Hall–Kier alpha value is -2.98. The summed E-state index contributed by atoms with van der Waals surface area (Å²) in [4.78, 5) is 10.8. The number of hydrogen-bond donors (Lipinski definition) is 0. The van der Waals surface area contributed by atoms with E-state index < -0.39 is 0 Å². The highest BCUT2D eigenvalue weighted by molar-refractivity contribution is 9.10. The van der Waals surface area contributed by atoms with E-state index in [0.29, 0.717) is 43.7 Å². The van der Waals surface area contributed by atoms with Crippen molar-refractivity contribution in [2.45, 2.75) is 0 Å². The minimum atomic E-state index is 0.521. The van der Waals surface area contributed by atoms with E-state index in [2.05, 4.69) is 53.7 Å². The van der Waals surface area contributed by atoms with E-state index in [0.717, 1.165) is 30.9 Å². The summed E-state index contributed by atoms with van der Waals surface area (Å²) in [5, 5.41) is 1.50. The summed E-state index contributed by atoms with van der Waals surface area (Å²) < 4.78 is 34.0. The molecule has 0 amide bonds. The maximum absolute atomic E-state index is 5.48. The van der Waals surface area contributed by atoms with Gasteiger partial charge < -0.3 is 28.4 Å². The largest absolute Gasteiger partial charge is 0.493 e. The van der Waals surface area contributed by atoms with E-state index in [1.807, 2.05) is 24.3 Å². The molecule has 4 rings (SSSR count). The predicted molar refractivity (Wildman–Crippen MR) is 156 cm³/mol. The van der Waals surface area contributed by atoms with Gasteiger partial charge in [0.25, 0.3) is 0 Å². The minimum Gasteiger partial charge on any atom is -0.493 e. The zero-order valence-corrected chi connectivity index (χ0v) is 26.0. The molecule has 12 heteroatoms. The van der Waals surface area contributed by atoms with Gasteiger partial charge in [0, 0.05) is 11.1 Å². The lowest BCUT2D eigenvalue weighted by atomic mass is 10.2. The Kier molecular flexibility index (Phi) is 9.04. The molecule has 0 saturated heterocycles. The van der Waals surface area contributed by atoms with Gasteiger partial charge in [-0.15, -0.1) is 22.7 Å². The molecule has 8 nitrogen and oxygen atoms in total. The molecule has 0 aliphatic heterocycles. The highest BCUT2D eigenvalue weighted by Gasteiger charge is 2.19. The first-order valence-electron chi connectivity index (χ1n) is 10.8. The van der Waals surface area contributed by atoms with Crippen molar-refractivity contribution in [2.75, 3.05) is 42.7 Å². The van der Waals surface area contributed by atoms with Crippen LogP contribution >= 0.6 is 54.5 Å². The van der Waals surface area contributed by atoms with Crippen LogP contribution in [0.5, 0.6) is 34.5 Å². The summed E-state index contributed by atoms with van der Waals surface area (Å²) in [5.74, 6) is 9.66. The van der Waals surface area contributed by atoms with Gasteiger partial charge in [-0.25, -0.2) is 9.97 Å². The first-order valence-corrected chi connectivity index (χ1v) is 14.0. The molecule has 0 radical (unpaired) electrons. The van der Waals surface area contributed by atoms with Crippen molar-refractivity contribution in [2.24, 2.45) is 0 Å². The molecule has 4 aromatic rings. The molecule has 2 aromatic heterocycles. The number of aromatic nitrogens is 2. The molecule has 198 valence electrons. The molecule has 2 heterocycles. The van der Waals surface area contributed by atoms with Crippen molar-refractivity contribution < 1.29 is 28.4 Å². The number of rotatable bonds is 8. The van der Waals surface area contributed by atoms with Gasteiger partial charge >= 0.3 is 0 Å². The number of thiazole rings is 2. The number of methoxy groups -OCH3 is 6. The zero-order valence-electron chi connectivity index (χ0n) is 21.2. The third-order valence-electron chi connectivity index (χ3n) is 5.28. The first-order chi connectivity index (χ1) is 18.4. The van der Waals surface area contributed by atoms with Gasteiger partial charge in [-0.1, -0.05) is 0 Å². The van der Waals surface area contributed by atoms with Gasteiger partial charge in [-0.05, 0) is 68.0 Å². The van der Waals surface area contributed by atoms with Crippen LogP contribution < -0.4 is 28.4 Å². The fourth-order valence-corrected chi connectivity index (χ4v) is 6.40. The number of nitrogens with zero attached hydrogens (tertiary/aromatic N) is 2. The first kappa shape index (κ1) is 28.0. The fourth-order valence-electron chi connectivity index (χ4n) is 3.53. The molecule has 0 bridgehead atoms. The van der Waals surface area contributed by atoms with E-state index in [1.54, 1.807) is 42.7 Å². The van der Waals surface area contributed by atoms with Crippen LogP contribution in [0.3, 0.4) is 0 Å². The van der Waals surface area contributed by atoms with Crippen LogP contribution in [0.2, 0.25) is 0 Å². The number of benzene rings is 2. The van der Waals surface area contributed by atoms with Gasteiger partial charge in [-0.3, -0.25) is 0 Å². The summed E-state index contributed by atoms with van der Waals surface area (Å²) >= 11 is 9.97. The molecular weight excluding hydrogens is 660 g/mol. The number of ether oxygens (including phenoxy) is 6. The molecular formula is C26H22Br2N2O6S2. The van der Waals surface area contributed by atoms with Crippen molar-refractivity contribution >= 4 is 54.5 Å². The topological polar surface area (TPSA) is 81.2 Å². The second-order valence-electron chi connectivity index (χ2n) is 7.36. The van der Waals surface area contributed by atoms with Gasteiger partial charge in [-0.2, -0.15) is 0 Å². The third-order valence-corrected chi connectivity index (χ3v) is 9.00. The third kappa shape index (κ3) is 5.56. The molecule has 0 unspecified atom stereocenters. The molecule has 0 N–H and O–H groups in total. The smallest absolute Gasteiger partial charge is 0.203 e. The second-order valence-corrected chi connectivity index (χ2v) is 10.9. The minimum absolute atomic E-state index is 0.521. The molecule has 0 aliphatic carbocycles. The van der Waals surface area contributed by atoms with E-state index in [-0.39, 0.29) is 0 Å². The molecule has 0 aliphatic rings. The maximum atomic E-state index is 5.48. The molecule has 0 atom stereocenters. The van der Waals surface area contributed by atoms with Gasteiger partial charge in [0.15, 0.2) is 23.0 Å². The van der Waals surface area contributed by atoms with Gasteiger partial charge in [0.1, 0.15) is 29.0 Å². The highest BCUT2D eigenvalue weighted by atomic mass is 79.9. The van der Waals surface area contributed by atoms with E-state index in [1.165, 1.54) is 22.7 Å². The second kappa shape index (κ2) is 12.3. The Bertz CT molecular complexity index is 1380. The van der Waals surface area contributed by atoms with Crippen LogP contribution in [0.1, 0.15) is 9.75 Å². The van der Waals surface area contributed by atoms with Crippen molar-refractivity contribution in [3.8, 4) is 67.5 Å². The summed E-state index contributed by atoms with van der Waals surface area (Å²) in [5.41, 5.74) is 1.64. The molecule has 0 saturated carbocycles. The lowest BCUT2D eigenvalue weighted by molar-refractivity contribution is 0.324. The Labute approximate surface area is 245 Å². The van der Waals surface area contributed by atoms with Crippen molar-refractivity contribution in [3.05, 3.63) is 43.2 Å². The molecule has 0 spiro atoms. The lowest BCUT2D eigenvalue weighted by Crippen LogP contribution is -1.95. The average Bonchev–Trinajstić information content (AvgIpc) is 3.51. The van der Waals surface area contributed by atoms with Crippen molar-refractivity contribution in [1.82, 2.24) is 9.97 Å². The van der Waals surface area contributed by atoms with E-state index in [4.69, 9.17) is 28.4 Å². The molecule has 2 aromatic carbocycles. The summed E-state index contributed by atoms with van der Waals surface area (Å²) in [7, 11) is 9.45. The maximum Gasteiger partial charge on any atom is 0.203 e. The Morgan fingerprint density at radius 2 is 0.868 bits per heavy atom. The molecule has 38 heavy (non-hydrogen) atoms. The lowest BCUT2D eigenvalue weighted by Gasteiger charge is -2.13. The summed E-state index contributed by atoms with van der Waals surface area (Å²) in [6.07, 6.45) is 0. The average molecular weight is 682 g/mol. The Morgan fingerprint density at radius 3 is 1.13 bits per heavy atom. The number of hydrogen-bond acceptors (Lipinski definition) is 10. The van der Waals surface area contributed by atoms with Gasteiger partial charge in [0.05, 0.1) is 42.7 Å². The highest BCUT2D eigenvalue weighted by Crippen LogP contribution is 2.44. The van der Waals surface area contributed by atoms with Crippen LogP contribution in [-0.4, -0.2) is 52.6 Å². The Balaban J connectivity index is 1.68. The van der Waals surface area contributed by atoms with E-state index >= 15 is 0 Å². The van der Waals surface area contributed by atoms with E-state index in [9.17, 15) is 0 Å². The predicted octanol–water partition coefficient (Wildman–Crippen LogP) is 6.91. The van der Waals surface area contributed by atoms with Crippen molar-refractivity contribution in [3.63, 3.8) is 0 Å². The SMILES string of the molecule is COc1cc(-c2nc(Br)c(C#Cc3sc(-c4cc(OC)c(OC)c(OC)c4)nc3Br)s2)cc(OC)c1OC. The Morgan fingerprint density at radius 1 is 0.553 bits per heavy atom. The summed E-state index contributed by atoms with van der Waals surface area (Å²) in [6, 6.07) is 7.42. The quantitative estimate of drug-likeness (QED) is 0.186.